The van der Waals surface area contributed by atoms with Gasteiger partial charge in [-0.1, -0.05) is 12.1 Å². The van der Waals surface area contributed by atoms with Crippen molar-refractivity contribution in [3.05, 3.63) is 34.2 Å². The SMILES string of the molecule is NCCCC1=Cc2cccc(C(F)(F)F)c2S1(=O)=O. The topological polar surface area (TPSA) is 60.2 Å². The van der Waals surface area contributed by atoms with E-state index in [1.165, 1.54) is 18.2 Å². The molecule has 1 aliphatic rings. The Labute approximate surface area is 108 Å². The summed E-state index contributed by atoms with van der Waals surface area (Å²) >= 11 is 0. The molecule has 0 saturated carbocycles. The van der Waals surface area contributed by atoms with Crippen LogP contribution in [-0.2, 0) is 16.0 Å². The van der Waals surface area contributed by atoms with Crippen molar-refractivity contribution in [1.82, 2.24) is 0 Å². The predicted molar refractivity (Wildman–Crippen MR) is 64.9 cm³/mol. The normalized spacial score (nSPS) is 17.2. The Balaban J connectivity index is 2.56. The number of allylic oxidation sites excluding steroid dienone is 1. The number of hydrogen-bond acceptors (Lipinski definition) is 3. The lowest BCUT2D eigenvalue weighted by atomic mass is 10.1. The number of fused-ring (bicyclic) bond motifs is 1. The summed E-state index contributed by atoms with van der Waals surface area (Å²) in [7, 11) is -4.05. The van der Waals surface area contributed by atoms with Gasteiger partial charge in [-0.2, -0.15) is 13.2 Å². The number of nitrogens with two attached hydrogens (primary N) is 1. The van der Waals surface area contributed by atoms with Crippen LogP contribution in [0.2, 0.25) is 0 Å². The summed E-state index contributed by atoms with van der Waals surface area (Å²) in [6.45, 7) is 0.287. The van der Waals surface area contributed by atoms with Crippen LogP contribution in [0.5, 0.6) is 0 Å². The smallest absolute Gasteiger partial charge is 0.330 e. The van der Waals surface area contributed by atoms with Gasteiger partial charge in [-0.15, -0.1) is 0 Å². The molecule has 19 heavy (non-hydrogen) atoms. The number of alkyl halides is 3. The number of sulfone groups is 1. The molecule has 7 heteroatoms. The van der Waals surface area contributed by atoms with E-state index in [-0.39, 0.29) is 23.4 Å². The fraction of sp³-hybridized carbons (Fsp3) is 0.333. The minimum Gasteiger partial charge on any atom is -0.330 e. The highest BCUT2D eigenvalue weighted by Crippen LogP contribution is 2.43. The Morgan fingerprint density at radius 1 is 1.21 bits per heavy atom. The van der Waals surface area contributed by atoms with Crippen molar-refractivity contribution < 1.29 is 21.6 Å². The maximum absolute atomic E-state index is 12.9. The van der Waals surface area contributed by atoms with E-state index in [9.17, 15) is 21.6 Å². The molecule has 0 amide bonds. The summed E-state index contributed by atoms with van der Waals surface area (Å²) in [4.78, 5) is -0.626. The zero-order valence-electron chi connectivity index (χ0n) is 9.87. The second-order valence-corrected chi connectivity index (χ2v) is 6.17. The minimum atomic E-state index is -4.68. The average Bonchev–Trinajstić information content (AvgIpc) is 2.57. The predicted octanol–water partition coefficient (Wildman–Crippen LogP) is 2.57. The second kappa shape index (κ2) is 4.64. The van der Waals surface area contributed by atoms with Gasteiger partial charge in [-0.05, 0) is 37.1 Å². The third-order valence-electron chi connectivity index (χ3n) is 2.91. The maximum atomic E-state index is 12.9. The van der Waals surface area contributed by atoms with E-state index in [1.807, 2.05) is 0 Å². The van der Waals surface area contributed by atoms with Crippen LogP contribution < -0.4 is 5.73 Å². The van der Waals surface area contributed by atoms with Crippen molar-refractivity contribution in [3.63, 3.8) is 0 Å². The average molecular weight is 291 g/mol. The molecule has 0 atom stereocenters. The van der Waals surface area contributed by atoms with Gasteiger partial charge in [0.25, 0.3) is 0 Å². The molecular formula is C12H12F3NO2S. The first-order valence-electron chi connectivity index (χ1n) is 5.64. The molecule has 0 saturated heterocycles. The van der Waals surface area contributed by atoms with Crippen molar-refractivity contribution in [2.24, 2.45) is 5.73 Å². The fourth-order valence-electron chi connectivity index (χ4n) is 2.06. The summed E-state index contributed by atoms with van der Waals surface area (Å²) in [5.41, 5.74) is 4.29. The first kappa shape index (κ1) is 14.1. The highest BCUT2D eigenvalue weighted by atomic mass is 32.2. The van der Waals surface area contributed by atoms with Crippen LogP contribution in [0.1, 0.15) is 24.0 Å². The van der Waals surface area contributed by atoms with Crippen LogP contribution in [0.15, 0.2) is 28.0 Å². The van der Waals surface area contributed by atoms with E-state index >= 15 is 0 Å². The van der Waals surface area contributed by atoms with Gasteiger partial charge in [0.05, 0.1) is 10.5 Å². The van der Waals surface area contributed by atoms with Gasteiger partial charge in [0.1, 0.15) is 0 Å². The molecule has 0 aromatic heterocycles. The summed E-state index contributed by atoms with van der Waals surface area (Å²) < 4.78 is 62.9. The molecule has 2 rings (SSSR count). The van der Waals surface area contributed by atoms with Gasteiger partial charge >= 0.3 is 6.18 Å². The number of hydrogen-bond donors (Lipinski definition) is 1. The van der Waals surface area contributed by atoms with Crippen molar-refractivity contribution in [2.75, 3.05) is 6.54 Å². The number of benzene rings is 1. The molecule has 1 aromatic carbocycles. The van der Waals surface area contributed by atoms with Crippen LogP contribution in [0.3, 0.4) is 0 Å². The van der Waals surface area contributed by atoms with Crippen LogP contribution in [0.4, 0.5) is 13.2 Å². The molecule has 3 nitrogen and oxygen atoms in total. The second-order valence-electron chi connectivity index (χ2n) is 4.23. The summed E-state index contributed by atoms with van der Waals surface area (Å²) in [5.74, 6) is 0. The Hall–Kier alpha value is -1.34. The molecule has 0 bridgehead atoms. The van der Waals surface area contributed by atoms with E-state index in [1.54, 1.807) is 0 Å². The van der Waals surface area contributed by atoms with E-state index < -0.39 is 26.5 Å². The zero-order valence-corrected chi connectivity index (χ0v) is 10.7. The van der Waals surface area contributed by atoms with Crippen molar-refractivity contribution >= 4 is 15.9 Å². The lowest BCUT2D eigenvalue weighted by molar-refractivity contribution is -0.139. The Morgan fingerprint density at radius 3 is 2.47 bits per heavy atom. The van der Waals surface area contributed by atoms with Crippen molar-refractivity contribution in [1.29, 1.82) is 0 Å². The molecular weight excluding hydrogens is 279 g/mol. The van der Waals surface area contributed by atoms with Crippen LogP contribution in [0, 0.1) is 0 Å². The van der Waals surface area contributed by atoms with Gasteiger partial charge in [-0.3, -0.25) is 0 Å². The van der Waals surface area contributed by atoms with Gasteiger partial charge in [-0.25, -0.2) is 8.42 Å². The molecule has 1 heterocycles. The van der Waals surface area contributed by atoms with E-state index in [0.717, 1.165) is 6.07 Å². The monoisotopic (exact) mass is 291 g/mol. The Kier molecular flexibility index (Phi) is 3.44. The fourth-order valence-corrected chi connectivity index (χ4v) is 3.92. The first-order chi connectivity index (χ1) is 8.78. The standard InChI is InChI=1S/C12H12F3NO2S/c13-12(14,15)10-5-1-3-8-7-9(4-2-6-16)19(17,18)11(8)10/h1,3,5,7H,2,4,6,16H2. The molecule has 0 radical (unpaired) electrons. The van der Waals surface area contributed by atoms with E-state index in [2.05, 4.69) is 0 Å². The first-order valence-corrected chi connectivity index (χ1v) is 7.12. The number of rotatable bonds is 3. The zero-order chi connectivity index (χ0) is 14.3. The molecule has 1 aromatic rings. The lowest BCUT2D eigenvalue weighted by Gasteiger charge is -2.12. The molecule has 0 aliphatic carbocycles. The van der Waals surface area contributed by atoms with Crippen molar-refractivity contribution in [3.8, 4) is 0 Å². The molecule has 0 spiro atoms. The Morgan fingerprint density at radius 2 is 1.89 bits per heavy atom. The van der Waals surface area contributed by atoms with Gasteiger partial charge < -0.3 is 5.73 Å². The van der Waals surface area contributed by atoms with E-state index in [0.29, 0.717) is 6.42 Å². The lowest BCUT2D eigenvalue weighted by Crippen LogP contribution is -2.13. The highest BCUT2D eigenvalue weighted by Gasteiger charge is 2.41. The molecule has 104 valence electrons. The van der Waals surface area contributed by atoms with Crippen LogP contribution >= 0.6 is 0 Å². The van der Waals surface area contributed by atoms with Crippen LogP contribution in [-0.4, -0.2) is 15.0 Å². The molecule has 0 unspecified atom stereocenters. The van der Waals surface area contributed by atoms with Gasteiger partial charge in [0.2, 0.25) is 9.84 Å². The molecule has 2 N–H and O–H groups in total. The third-order valence-corrected chi connectivity index (χ3v) is 4.91. The van der Waals surface area contributed by atoms with E-state index in [4.69, 9.17) is 5.73 Å². The summed E-state index contributed by atoms with van der Waals surface area (Å²) in [6.07, 6.45) is -2.81. The summed E-state index contributed by atoms with van der Waals surface area (Å²) in [5, 5.41) is 0. The van der Waals surface area contributed by atoms with Gasteiger partial charge in [0.15, 0.2) is 0 Å². The third kappa shape index (κ3) is 2.40. The van der Waals surface area contributed by atoms with Gasteiger partial charge in [0, 0.05) is 4.91 Å². The quantitative estimate of drug-likeness (QED) is 0.931. The summed E-state index contributed by atoms with van der Waals surface area (Å²) in [6, 6.07) is 3.37. The van der Waals surface area contributed by atoms with Crippen LogP contribution in [0.25, 0.3) is 6.08 Å². The van der Waals surface area contributed by atoms with Crippen molar-refractivity contribution in [2.45, 2.75) is 23.9 Å². The highest BCUT2D eigenvalue weighted by molar-refractivity contribution is 7.95. The molecule has 0 fully saturated rings. The molecule has 1 aliphatic heterocycles. The minimum absolute atomic E-state index is 0.00431. The Bertz CT molecular complexity index is 633. The number of halogens is 3. The largest absolute Gasteiger partial charge is 0.417 e. The maximum Gasteiger partial charge on any atom is 0.417 e.